The van der Waals surface area contributed by atoms with Gasteiger partial charge >= 0.3 is 0 Å². The van der Waals surface area contributed by atoms with Crippen molar-refractivity contribution in [3.63, 3.8) is 0 Å². The highest BCUT2D eigenvalue weighted by molar-refractivity contribution is 7.02. The van der Waals surface area contributed by atoms with E-state index in [4.69, 9.17) is 9.15 Å². The second-order valence-corrected chi connectivity index (χ2v) is 16.4. The molecule has 5 heterocycles. The Balaban J connectivity index is 1.08. The van der Waals surface area contributed by atoms with Crippen LogP contribution in [0.1, 0.15) is 0 Å². The Morgan fingerprint density at radius 2 is 0.836 bits per heavy atom. The Hall–Kier alpha value is -7.89. The third kappa shape index (κ3) is 4.52. The van der Waals surface area contributed by atoms with Gasteiger partial charge in [0.25, 0.3) is 13.4 Å². The number of rotatable bonds is 3. The predicted molar refractivity (Wildman–Crippen MR) is 254 cm³/mol. The van der Waals surface area contributed by atoms with Gasteiger partial charge in [0.2, 0.25) is 0 Å². The molecule has 0 saturated carbocycles. The molecule has 0 spiro atoms. The molecule has 0 radical (unpaired) electrons. The summed E-state index contributed by atoms with van der Waals surface area (Å²) in [6.45, 7) is -0.127. The quantitative estimate of drug-likeness (QED) is 0.167. The largest absolute Gasteiger partial charge is 0.458 e. The van der Waals surface area contributed by atoms with Gasteiger partial charge in [-0.25, -0.2) is 0 Å². The lowest BCUT2D eigenvalue weighted by molar-refractivity contribution is 0.488. The van der Waals surface area contributed by atoms with Crippen molar-refractivity contribution in [2.24, 2.45) is 0 Å². The van der Waals surface area contributed by atoms with Crippen LogP contribution < -0.4 is 52.2 Å². The Kier molecular flexibility index (Phi) is 6.66. The third-order valence-corrected chi connectivity index (χ3v) is 13.3. The summed E-state index contributed by atoms with van der Waals surface area (Å²) in [7, 11) is 0. The van der Waals surface area contributed by atoms with Crippen LogP contribution in [0.4, 0.5) is 51.2 Å². The van der Waals surface area contributed by atoms with Gasteiger partial charge in [-0.05, 0) is 106 Å². The van der Waals surface area contributed by atoms with E-state index in [2.05, 4.69) is 215 Å². The van der Waals surface area contributed by atoms with E-state index in [1.54, 1.807) is 0 Å². The second-order valence-electron chi connectivity index (χ2n) is 16.4. The number of para-hydroxylation sites is 5. The fraction of sp³-hybridized carbons (Fsp3) is 0. The monoisotopic (exact) mass is 777 g/mol. The van der Waals surface area contributed by atoms with E-state index < -0.39 is 0 Å². The number of benzene rings is 9. The summed E-state index contributed by atoms with van der Waals surface area (Å²) in [5.74, 6) is 1.78. The molecule has 0 amide bonds. The van der Waals surface area contributed by atoms with Crippen LogP contribution in [0.5, 0.6) is 11.5 Å². The molecule has 10 aromatic rings. The topological polar surface area (TPSA) is 32.1 Å². The van der Waals surface area contributed by atoms with Gasteiger partial charge in [0.1, 0.15) is 22.7 Å². The fourth-order valence-electron chi connectivity index (χ4n) is 10.8. The van der Waals surface area contributed by atoms with E-state index in [0.29, 0.717) is 0 Å². The molecule has 1 aromatic heterocycles. The average molecular weight is 778 g/mol. The molecule has 0 atom stereocenters. The van der Waals surface area contributed by atoms with Crippen LogP contribution in [0, 0.1) is 0 Å². The highest BCUT2D eigenvalue weighted by Gasteiger charge is 2.47. The lowest BCUT2D eigenvalue weighted by Crippen LogP contribution is -2.64. The number of hydrogen-bond donors (Lipinski definition) is 0. The van der Waals surface area contributed by atoms with Crippen LogP contribution in [0.15, 0.2) is 205 Å². The van der Waals surface area contributed by atoms with E-state index in [0.717, 1.165) is 78.9 Å². The molecule has 0 N–H and O–H groups in total. The summed E-state index contributed by atoms with van der Waals surface area (Å²) in [6, 6.07) is 72.4. The fourth-order valence-corrected chi connectivity index (χ4v) is 10.8. The molecule has 4 aliphatic heterocycles. The average Bonchev–Trinajstić information content (AvgIpc) is 3.68. The molecule has 0 aliphatic carbocycles. The molecule has 0 fully saturated rings. The lowest BCUT2D eigenvalue weighted by Gasteiger charge is -2.45. The van der Waals surface area contributed by atoms with Crippen molar-refractivity contribution in [3.8, 4) is 11.5 Å². The standard InChI is InChI=1S/C54H33B2N3O2/c1-4-16-34(17-5-1)57-43-24-12-11-23-39(43)55-42-31-41-48(33-52(42)61-50-29-15-27-46(57)54(50)55)59(36-20-8-3-9-21-36)45-26-14-25-44-53(45)56(41)40-30-38-37-22-10-13-28-49(37)60-51(38)32-47(40)58(44)35-18-6-2-7-19-35/h1-33H. The van der Waals surface area contributed by atoms with Gasteiger partial charge in [-0.3, -0.25) is 0 Å². The maximum absolute atomic E-state index is 7.13. The molecule has 7 heteroatoms. The van der Waals surface area contributed by atoms with Gasteiger partial charge in [0.05, 0.1) is 0 Å². The summed E-state index contributed by atoms with van der Waals surface area (Å²) in [4.78, 5) is 7.28. The summed E-state index contributed by atoms with van der Waals surface area (Å²) >= 11 is 0. The van der Waals surface area contributed by atoms with Crippen LogP contribution in [0.2, 0.25) is 0 Å². The summed E-state index contributed by atoms with van der Waals surface area (Å²) in [5, 5.41) is 2.25. The first-order valence-corrected chi connectivity index (χ1v) is 21.0. The minimum absolute atomic E-state index is 0.0394. The van der Waals surface area contributed by atoms with Gasteiger partial charge in [0, 0.05) is 74.1 Å². The van der Waals surface area contributed by atoms with E-state index in [9.17, 15) is 0 Å². The van der Waals surface area contributed by atoms with Gasteiger partial charge in [0.15, 0.2) is 0 Å². The number of ether oxygens (including phenoxy) is 1. The van der Waals surface area contributed by atoms with E-state index in [1.165, 1.54) is 38.5 Å². The first-order valence-electron chi connectivity index (χ1n) is 21.0. The number of furan rings is 1. The van der Waals surface area contributed by atoms with Crippen LogP contribution in [0.25, 0.3) is 21.9 Å². The molecule has 0 unspecified atom stereocenters. The molecular weight excluding hydrogens is 744 g/mol. The molecule has 0 bridgehead atoms. The highest BCUT2D eigenvalue weighted by atomic mass is 16.5. The number of hydrogen-bond acceptors (Lipinski definition) is 5. The van der Waals surface area contributed by atoms with Crippen LogP contribution >= 0.6 is 0 Å². The Morgan fingerprint density at radius 1 is 0.311 bits per heavy atom. The first-order chi connectivity index (χ1) is 30.3. The molecule has 0 saturated heterocycles. The van der Waals surface area contributed by atoms with Crippen molar-refractivity contribution in [3.05, 3.63) is 200 Å². The Bertz CT molecular complexity index is 3450. The van der Waals surface area contributed by atoms with Crippen molar-refractivity contribution in [2.75, 3.05) is 14.7 Å². The summed E-state index contributed by atoms with van der Waals surface area (Å²) < 4.78 is 13.7. The van der Waals surface area contributed by atoms with E-state index in [-0.39, 0.29) is 13.4 Å². The SMILES string of the molecule is c1ccc(N2c3ccccc3B3c4cc5c(cc4Oc4cccc2c43)N(c2ccccc2)c2cccc3c2B5c2cc4c(cc2N3c2ccccc2)oc2ccccc24)cc1. The molecular formula is C54H33B2N3O2. The molecule has 9 aromatic carbocycles. The second kappa shape index (κ2) is 12.3. The van der Waals surface area contributed by atoms with Crippen LogP contribution in [0.3, 0.4) is 0 Å². The van der Waals surface area contributed by atoms with Gasteiger partial charge in [-0.15, -0.1) is 0 Å². The zero-order valence-corrected chi connectivity index (χ0v) is 32.9. The van der Waals surface area contributed by atoms with Gasteiger partial charge < -0.3 is 23.9 Å². The predicted octanol–water partition coefficient (Wildman–Crippen LogP) is 10.1. The van der Waals surface area contributed by atoms with Gasteiger partial charge in [-0.1, -0.05) is 115 Å². The van der Waals surface area contributed by atoms with Crippen molar-refractivity contribution < 1.29 is 9.15 Å². The van der Waals surface area contributed by atoms with Crippen LogP contribution in [-0.4, -0.2) is 13.4 Å². The van der Waals surface area contributed by atoms with Crippen LogP contribution in [-0.2, 0) is 0 Å². The van der Waals surface area contributed by atoms with Crippen molar-refractivity contribution in [1.29, 1.82) is 0 Å². The highest BCUT2D eigenvalue weighted by Crippen LogP contribution is 2.47. The molecule has 14 rings (SSSR count). The maximum Gasteiger partial charge on any atom is 0.256 e. The maximum atomic E-state index is 7.13. The summed E-state index contributed by atoms with van der Waals surface area (Å²) in [6.07, 6.45) is 0. The number of anilines is 9. The molecule has 282 valence electrons. The molecule has 5 nitrogen and oxygen atoms in total. The smallest absolute Gasteiger partial charge is 0.256 e. The minimum atomic E-state index is -0.0872. The van der Waals surface area contributed by atoms with Gasteiger partial charge in [-0.2, -0.15) is 0 Å². The normalized spacial score (nSPS) is 13.9. The lowest BCUT2D eigenvalue weighted by atomic mass is 9.30. The first kappa shape index (κ1) is 33.0. The Labute approximate surface area is 353 Å². The van der Waals surface area contributed by atoms with E-state index in [1.807, 2.05) is 0 Å². The Morgan fingerprint density at radius 3 is 1.54 bits per heavy atom. The van der Waals surface area contributed by atoms with Crippen molar-refractivity contribution in [1.82, 2.24) is 0 Å². The van der Waals surface area contributed by atoms with Crippen molar-refractivity contribution >= 4 is 119 Å². The zero-order chi connectivity index (χ0) is 39.8. The number of nitrogens with zero attached hydrogens (tertiary/aromatic N) is 3. The molecule has 4 aliphatic rings. The van der Waals surface area contributed by atoms with E-state index >= 15 is 0 Å². The zero-order valence-electron chi connectivity index (χ0n) is 32.9. The third-order valence-electron chi connectivity index (χ3n) is 13.3. The number of fused-ring (bicyclic) bond motifs is 11. The minimum Gasteiger partial charge on any atom is -0.458 e. The molecule has 61 heavy (non-hydrogen) atoms. The summed E-state index contributed by atoms with van der Waals surface area (Å²) in [5.41, 5.74) is 19.4. The van der Waals surface area contributed by atoms with Crippen molar-refractivity contribution in [2.45, 2.75) is 0 Å².